The van der Waals surface area contributed by atoms with Crippen molar-refractivity contribution in [2.24, 2.45) is 0 Å². The lowest BCUT2D eigenvalue weighted by Gasteiger charge is -2.11. The summed E-state index contributed by atoms with van der Waals surface area (Å²) in [7, 11) is 0. The first-order valence-corrected chi connectivity index (χ1v) is 5.53. The molecule has 1 aromatic carbocycles. The van der Waals surface area contributed by atoms with Gasteiger partial charge in [0.1, 0.15) is 17.5 Å². The van der Waals surface area contributed by atoms with Crippen molar-refractivity contribution in [3.63, 3.8) is 0 Å². The van der Waals surface area contributed by atoms with Crippen LogP contribution in [0.3, 0.4) is 0 Å². The molecule has 0 bridgehead atoms. The maximum Gasteiger partial charge on any atom is 0.131 e. The molecular formula is C13H14F2N2. The Bertz CT molecular complexity index is 498. The molecule has 0 spiro atoms. The van der Waals surface area contributed by atoms with E-state index in [1.165, 1.54) is 18.2 Å². The number of halogens is 2. The van der Waals surface area contributed by atoms with Gasteiger partial charge in [0.15, 0.2) is 0 Å². The number of hydrogen-bond acceptors (Lipinski definition) is 1. The van der Waals surface area contributed by atoms with E-state index in [1.54, 1.807) is 17.0 Å². The van der Waals surface area contributed by atoms with Crippen molar-refractivity contribution in [3.05, 3.63) is 53.6 Å². The van der Waals surface area contributed by atoms with E-state index >= 15 is 0 Å². The average Bonchev–Trinajstić information content (AvgIpc) is 2.72. The smallest absolute Gasteiger partial charge is 0.131 e. The van der Waals surface area contributed by atoms with Crippen LogP contribution in [0.5, 0.6) is 0 Å². The van der Waals surface area contributed by atoms with Crippen LogP contribution in [0.2, 0.25) is 0 Å². The summed E-state index contributed by atoms with van der Waals surface area (Å²) in [5.74, 6) is 0.00861. The third-order valence-electron chi connectivity index (χ3n) is 2.65. The summed E-state index contributed by atoms with van der Waals surface area (Å²) >= 11 is 0. The van der Waals surface area contributed by atoms with Crippen molar-refractivity contribution < 1.29 is 8.78 Å². The van der Waals surface area contributed by atoms with Crippen molar-refractivity contribution >= 4 is 0 Å². The number of rotatable bonds is 3. The quantitative estimate of drug-likeness (QED) is 0.799. The molecule has 4 heteroatoms. The van der Waals surface area contributed by atoms with Gasteiger partial charge in [-0.1, -0.05) is 19.9 Å². The third-order valence-corrected chi connectivity index (χ3v) is 2.65. The second-order valence-electron chi connectivity index (χ2n) is 4.27. The standard InChI is InChI=1S/C13H14F2N2/c1-9(2)13-16-6-7-17(13)8-10-11(14)4-3-5-12(10)15/h3-7,9H,8H2,1-2H3. The van der Waals surface area contributed by atoms with Crippen LogP contribution in [0.4, 0.5) is 8.78 Å². The van der Waals surface area contributed by atoms with Gasteiger partial charge in [-0.2, -0.15) is 0 Å². The average molecular weight is 236 g/mol. The van der Waals surface area contributed by atoms with Gasteiger partial charge in [0.05, 0.1) is 6.54 Å². The Morgan fingerprint density at radius 2 is 1.88 bits per heavy atom. The van der Waals surface area contributed by atoms with Gasteiger partial charge in [0, 0.05) is 23.9 Å². The molecule has 2 aromatic rings. The number of nitrogens with zero attached hydrogens (tertiary/aromatic N) is 2. The molecule has 0 unspecified atom stereocenters. The van der Waals surface area contributed by atoms with Crippen LogP contribution < -0.4 is 0 Å². The lowest BCUT2D eigenvalue weighted by Crippen LogP contribution is -2.08. The molecule has 1 aromatic heterocycles. The second-order valence-corrected chi connectivity index (χ2v) is 4.27. The van der Waals surface area contributed by atoms with Crippen molar-refractivity contribution in [2.75, 3.05) is 0 Å². The Hall–Kier alpha value is -1.71. The first-order valence-electron chi connectivity index (χ1n) is 5.53. The third kappa shape index (κ3) is 2.35. The van der Waals surface area contributed by atoms with Gasteiger partial charge in [-0.05, 0) is 12.1 Å². The van der Waals surface area contributed by atoms with Crippen molar-refractivity contribution in [3.8, 4) is 0 Å². The summed E-state index contributed by atoms with van der Waals surface area (Å²) in [6, 6.07) is 3.90. The molecule has 0 saturated heterocycles. The topological polar surface area (TPSA) is 17.8 Å². The number of hydrogen-bond donors (Lipinski definition) is 0. The van der Waals surface area contributed by atoms with Gasteiger partial charge in [0.2, 0.25) is 0 Å². The number of benzene rings is 1. The molecule has 0 amide bonds. The number of imidazole rings is 1. The molecule has 17 heavy (non-hydrogen) atoms. The van der Waals surface area contributed by atoms with Crippen LogP contribution in [0.25, 0.3) is 0 Å². The fraction of sp³-hybridized carbons (Fsp3) is 0.308. The van der Waals surface area contributed by atoms with Crippen molar-refractivity contribution in [1.29, 1.82) is 0 Å². The van der Waals surface area contributed by atoms with Gasteiger partial charge in [-0.3, -0.25) is 0 Å². The highest BCUT2D eigenvalue weighted by atomic mass is 19.1. The zero-order chi connectivity index (χ0) is 12.4. The van der Waals surface area contributed by atoms with Gasteiger partial charge < -0.3 is 4.57 Å². The Morgan fingerprint density at radius 3 is 2.47 bits per heavy atom. The first kappa shape index (κ1) is 11.8. The summed E-state index contributed by atoms with van der Waals surface area (Å²) in [5.41, 5.74) is 0.0763. The van der Waals surface area contributed by atoms with Crippen LogP contribution in [0.1, 0.15) is 31.2 Å². The summed E-state index contributed by atoms with van der Waals surface area (Å²) in [6.45, 7) is 4.17. The van der Waals surface area contributed by atoms with E-state index in [1.807, 2.05) is 13.8 Å². The van der Waals surface area contributed by atoms with Crippen molar-refractivity contribution in [1.82, 2.24) is 9.55 Å². The van der Waals surface area contributed by atoms with E-state index in [9.17, 15) is 8.78 Å². The zero-order valence-electron chi connectivity index (χ0n) is 9.82. The maximum atomic E-state index is 13.5. The second kappa shape index (κ2) is 4.65. The van der Waals surface area contributed by atoms with E-state index < -0.39 is 11.6 Å². The van der Waals surface area contributed by atoms with Gasteiger partial charge in [-0.15, -0.1) is 0 Å². The van der Waals surface area contributed by atoms with Crippen LogP contribution in [-0.4, -0.2) is 9.55 Å². The largest absolute Gasteiger partial charge is 0.330 e. The predicted molar refractivity (Wildman–Crippen MR) is 61.8 cm³/mol. The molecule has 2 rings (SSSR count). The Morgan fingerprint density at radius 1 is 1.24 bits per heavy atom. The van der Waals surface area contributed by atoms with Crippen LogP contribution in [0, 0.1) is 11.6 Å². The highest BCUT2D eigenvalue weighted by Gasteiger charge is 2.12. The molecule has 0 N–H and O–H groups in total. The van der Waals surface area contributed by atoms with Gasteiger partial charge >= 0.3 is 0 Å². The molecule has 0 aliphatic carbocycles. The first-order chi connectivity index (χ1) is 8.09. The van der Waals surface area contributed by atoms with E-state index in [-0.39, 0.29) is 18.0 Å². The van der Waals surface area contributed by atoms with E-state index in [2.05, 4.69) is 4.98 Å². The minimum Gasteiger partial charge on any atom is -0.330 e. The maximum absolute atomic E-state index is 13.5. The normalized spacial score (nSPS) is 11.1. The SMILES string of the molecule is CC(C)c1nccn1Cc1c(F)cccc1F. The molecule has 1 heterocycles. The predicted octanol–water partition coefficient (Wildman–Crippen LogP) is 3.33. The lowest BCUT2D eigenvalue weighted by atomic mass is 10.1. The molecule has 0 atom stereocenters. The molecule has 0 aliphatic rings. The monoisotopic (exact) mass is 236 g/mol. The van der Waals surface area contributed by atoms with Crippen LogP contribution >= 0.6 is 0 Å². The molecule has 0 fully saturated rings. The van der Waals surface area contributed by atoms with Gasteiger partial charge in [-0.25, -0.2) is 13.8 Å². The molecular weight excluding hydrogens is 222 g/mol. The van der Waals surface area contributed by atoms with Crippen molar-refractivity contribution in [2.45, 2.75) is 26.3 Å². The molecule has 0 saturated carbocycles. The fourth-order valence-electron chi connectivity index (χ4n) is 1.81. The Balaban J connectivity index is 2.35. The van der Waals surface area contributed by atoms with E-state index in [0.29, 0.717) is 0 Å². The molecule has 90 valence electrons. The lowest BCUT2D eigenvalue weighted by molar-refractivity contribution is 0.537. The zero-order valence-corrected chi connectivity index (χ0v) is 9.82. The number of aromatic nitrogens is 2. The van der Waals surface area contributed by atoms with E-state index in [0.717, 1.165) is 5.82 Å². The fourth-order valence-corrected chi connectivity index (χ4v) is 1.81. The minimum atomic E-state index is -0.520. The van der Waals surface area contributed by atoms with Crippen LogP contribution in [0.15, 0.2) is 30.6 Å². The minimum absolute atomic E-state index is 0.0763. The Kier molecular flexibility index (Phi) is 3.22. The highest BCUT2D eigenvalue weighted by Crippen LogP contribution is 2.17. The molecule has 0 radical (unpaired) electrons. The Labute approximate surface area is 98.9 Å². The summed E-state index contributed by atoms with van der Waals surface area (Å²) < 4.78 is 28.8. The summed E-state index contributed by atoms with van der Waals surface area (Å²) in [6.07, 6.45) is 3.38. The van der Waals surface area contributed by atoms with Gasteiger partial charge in [0.25, 0.3) is 0 Å². The summed E-state index contributed by atoms with van der Waals surface area (Å²) in [5, 5.41) is 0. The molecule has 0 aliphatic heterocycles. The van der Waals surface area contributed by atoms with Crippen LogP contribution in [-0.2, 0) is 6.54 Å². The highest BCUT2D eigenvalue weighted by molar-refractivity contribution is 5.20. The van der Waals surface area contributed by atoms with E-state index in [4.69, 9.17) is 0 Å². The summed E-state index contributed by atoms with van der Waals surface area (Å²) in [4.78, 5) is 4.19. The molecule has 2 nitrogen and oxygen atoms in total.